The highest BCUT2D eigenvalue weighted by Crippen LogP contribution is 2.31. The zero-order valence-corrected chi connectivity index (χ0v) is 16.5. The largest absolute Gasteiger partial charge is 0.504 e. The minimum atomic E-state index is -0.385. The number of allylic oxidation sites excluding steroid dienone is 1. The van der Waals surface area contributed by atoms with Crippen molar-refractivity contribution in [3.8, 4) is 17.2 Å². The number of nitrogens with one attached hydrogen (secondary N) is 1. The van der Waals surface area contributed by atoms with Crippen molar-refractivity contribution >= 4 is 28.1 Å². The van der Waals surface area contributed by atoms with Crippen LogP contribution in [0.3, 0.4) is 0 Å². The summed E-state index contributed by atoms with van der Waals surface area (Å²) in [5, 5.41) is 14.1. The Morgan fingerprint density at radius 1 is 1.30 bits per heavy atom. The number of phenols is 1. The van der Waals surface area contributed by atoms with Crippen LogP contribution in [-0.2, 0) is 11.2 Å². The molecule has 0 radical (unpaired) electrons. The Morgan fingerprint density at radius 2 is 2.04 bits per heavy atom. The van der Waals surface area contributed by atoms with E-state index in [9.17, 15) is 9.90 Å². The molecular formula is C20H21BrN2O4. The van der Waals surface area contributed by atoms with Crippen LogP contribution in [0, 0.1) is 0 Å². The van der Waals surface area contributed by atoms with E-state index in [0.717, 1.165) is 4.47 Å². The third-order valence-corrected chi connectivity index (χ3v) is 3.96. The number of amides is 1. The van der Waals surface area contributed by atoms with E-state index in [2.05, 4.69) is 33.0 Å². The summed E-state index contributed by atoms with van der Waals surface area (Å²) in [7, 11) is 0. The number of nitrogens with zero attached hydrogens (tertiary/aromatic N) is 1. The lowest BCUT2D eigenvalue weighted by molar-refractivity contribution is -0.123. The summed E-state index contributed by atoms with van der Waals surface area (Å²) in [6.07, 6.45) is 3.65. The van der Waals surface area contributed by atoms with E-state index < -0.39 is 0 Å². The van der Waals surface area contributed by atoms with Gasteiger partial charge in [-0.1, -0.05) is 22.0 Å². The van der Waals surface area contributed by atoms with Gasteiger partial charge in [-0.2, -0.15) is 5.10 Å². The number of rotatable bonds is 9. The van der Waals surface area contributed by atoms with Gasteiger partial charge in [0.1, 0.15) is 5.75 Å². The van der Waals surface area contributed by atoms with Gasteiger partial charge >= 0.3 is 0 Å². The molecule has 2 rings (SSSR count). The zero-order chi connectivity index (χ0) is 19.6. The fourth-order valence-electron chi connectivity index (χ4n) is 2.23. The highest BCUT2D eigenvalue weighted by Gasteiger charge is 2.09. The number of hydrazone groups is 1. The van der Waals surface area contributed by atoms with Crippen LogP contribution in [-0.4, -0.2) is 30.4 Å². The number of carbonyl (C=O) groups is 1. The van der Waals surface area contributed by atoms with Crippen molar-refractivity contribution in [2.24, 2.45) is 5.10 Å². The second kappa shape index (κ2) is 10.4. The molecule has 0 aromatic heterocycles. The van der Waals surface area contributed by atoms with Crippen LogP contribution in [0.25, 0.3) is 0 Å². The topological polar surface area (TPSA) is 80.2 Å². The Kier molecular flexibility index (Phi) is 7.88. The van der Waals surface area contributed by atoms with E-state index in [1.165, 1.54) is 6.21 Å². The van der Waals surface area contributed by atoms with Gasteiger partial charge < -0.3 is 14.6 Å². The second-order valence-electron chi connectivity index (χ2n) is 5.49. The van der Waals surface area contributed by atoms with Gasteiger partial charge in [-0.15, -0.1) is 6.58 Å². The molecule has 27 heavy (non-hydrogen) atoms. The van der Waals surface area contributed by atoms with Crippen LogP contribution < -0.4 is 14.9 Å². The first-order valence-corrected chi connectivity index (χ1v) is 9.12. The lowest BCUT2D eigenvalue weighted by Gasteiger charge is -2.10. The maximum absolute atomic E-state index is 11.8. The molecule has 6 nitrogen and oxygen atoms in total. The lowest BCUT2D eigenvalue weighted by Crippen LogP contribution is -2.24. The summed E-state index contributed by atoms with van der Waals surface area (Å²) in [4.78, 5) is 11.8. The third-order valence-electron chi connectivity index (χ3n) is 3.43. The average Bonchev–Trinajstić information content (AvgIpc) is 2.65. The summed E-state index contributed by atoms with van der Waals surface area (Å²) in [5.74, 6) is 0.652. The number of halogens is 1. The summed E-state index contributed by atoms with van der Waals surface area (Å²) in [6, 6.07) is 10.6. The molecule has 0 bridgehead atoms. The molecule has 0 saturated heterocycles. The van der Waals surface area contributed by atoms with Crippen molar-refractivity contribution in [3.63, 3.8) is 0 Å². The van der Waals surface area contributed by atoms with Gasteiger partial charge in [0, 0.05) is 10.0 Å². The van der Waals surface area contributed by atoms with Crippen LogP contribution in [0.4, 0.5) is 0 Å². The standard InChI is InChI=1S/C20H21BrN2O4/c1-3-5-15-10-14(11-18(20(15)25)26-4-2)12-22-23-19(24)13-27-17-8-6-16(21)7-9-17/h3,6-12,25H,1,4-5,13H2,2H3,(H,23,24)/b22-12-. The molecule has 0 heterocycles. The predicted octanol–water partition coefficient (Wildman–Crippen LogP) is 3.81. The molecular weight excluding hydrogens is 412 g/mol. The van der Waals surface area contributed by atoms with Crippen molar-refractivity contribution < 1.29 is 19.4 Å². The minimum Gasteiger partial charge on any atom is -0.504 e. The van der Waals surface area contributed by atoms with Crippen molar-refractivity contribution in [1.82, 2.24) is 5.43 Å². The van der Waals surface area contributed by atoms with Gasteiger partial charge in [-0.3, -0.25) is 4.79 Å². The zero-order valence-electron chi connectivity index (χ0n) is 14.9. The molecule has 0 fully saturated rings. The van der Waals surface area contributed by atoms with Gasteiger partial charge in [0.15, 0.2) is 18.1 Å². The quantitative estimate of drug-likeness (QED) is 0.358. The van der Waals surface area contributed by atoms with Crippen LogP contribution >= 0.6 is 15.9 Å². The molecule has 0 saturated carbocycles. The van der Waals surface area contributed by atoms with Crippen molar-refractivity contribution in [2.75, 3.05) is 13.2 Å². The second-order valence-corrected chi connectivity index (χ2v) is 6.40. The number of benzene rings is 2. The van der Waals surface area contributed by atoms with Crippen LogP contribution in [0.1, 0.15) is 18.1 Å². The van der Waals surface area contributed by atoms with E-state index in [1.807, 2.05) is 19.1 Å². The maximum atomic E-state index is 11.8. The Balaban J connectivity index is 1.96. The van der Waals surface area contributed by atoms with E-state index in [0.29, 0.717) is 35.7 Å². The lowest BCUT2D eigenvalue weighted by atomic mass is 10.1. The minimum absolute atomic E-state index is 0.0841. The molecule has 1 amide bonds. The van der Waals surface area contributed by atoms with Gasteiger partial charge in [0.2, 0.25) is 0 Å². The summed E-state index contributed by atoms with van der Waals surface area (Å²) in [6.45, 7) is 5.78. The fraction of sp³-hybridized carbons (Fsp3) is 0.200. The van der Waals surface area contributed by atoms with Gasteiger partial charge in [0.25, 0.3) is 5.91 Å². The van der Waals surface area contributed by atoms with E-state index in [1.54, 1.807) is 30.3 Å². The molecule has 2 aromatic carbocycles. The first-order chi connectivity index (χ1) is 13.0. The average molecular weight is 433 g/mol. The Morgan fingerprint density at radius 3 is 2.70 bits per heavy atom. The summed E-state index contributed by atoms with van der Waals surface area (Å²) in [5.41, 5.74) is 3.75. The smallest absolute Gasteiger partial charge is 0.277 e. The number of carbonyl (C=O) groups excluding carboxylic acids is 1. The van der Waals surface area contributed by atoms with Gasteiger partial charge in [-0.25, -0.2) is 5.43 Å². The fourth-order valence-corrected chi connectivity index (χ4v) is 2.50. The summed E-state index contributed by atoms with van der Waals surface area (Å²) >= 11 is 3.33. The number of hydrogen-bond acceptors (Lipinski definition) is 5. The molecule has 142 valence electrons. The molecule has 0 spiro atoms. The van der Waals surface area contributed by atoms with E-state index in [-0.39, 0.29) is 18.3 Å². The van der Waals surface area contributed by atoms with Crippen LogP contribution in [0.5, 0.6) is 17.2 Å². The van der Waals surface area contributed by atoms with Gasteiger partial charge in [0.05, 0.1) is 12.8 Å². The molecule has 0 aliphatic rings. The monoisotopic (exact) mass is 432 g/mol. The van der Waals surface area contributed by atoms with Crippen molar-refractivity contribution in [2.45, 2.75) is 13.3 Å². The molecule has 0 atom stereocenters. The van der Waals surface area contributed by atoms with Crippen molar-refractivity contribution in [1.29, 1.82) is 0 Å². The molecule has 2 aromatic rings. The molecule has 2 N–H and O–H groups in total. The summed E-state index contributed by atoms with van der Waals surface area (Å²) < 4.78 is 11.7. The number of aromatic hydroxyl groups is 1. The van der Waals surface area contributed by atoms with E-state index >= 15 is 0 Å². The first kappa shape index (κ1) is 20.5. The first-order valence-electron chi connectivity index (χ1n) is 8.33. The number of hydrogen-bond donors (Lipinski definition) is 2. The number of phenolic OH excluding ortho intramolecular Hbond substituents is 1. The molecule has 0 aliphatic carbocycles. The molecule has 0 aliphatic heterocycles. The SMILES string of the molecule is C=CCc1cc(/C=N\NC(=O)COc2ccc(Br)cc2)cc(OCC)c1O. The molecule has 7 heteroatoms. The number of ether oxygens (including phenoxy) is 2. The molecule has 0 unspecified atom stereocenters. The normalized spacial score (nSPS) is 10.6. The van der Waals surface area contributed by atoms with Crippen LogP contribution in [0.15, 0.2) is 58.6 Å². The third kappa shape index (κ3) is 6.45. The highest BCUT2D eigenvalue weighted by molar-refractivity contribution is 9.10. The Hall–Kier alpha value is -2.80. The highest BCUT2D eigenvalue weighted by atomic mass is 79.9. The Labute approximate surface area is 166 Å². The predicted molar refractivity (Wildman–Crippen MR) is 109 cm³/mol. The Bertz CT molecular complexity index is 819. The maximum Gasteiger partial charge on any atom is 0.277 e. The van der Waals surface area contributed by atoms with Gasteiger partial charge in [-0.05, 0) is 55.3 Å². The van der Waals surface area contributed by atoms with Crippen molar-refractivity contribution in [3.05, 3.63) is 64.7 Å². The van der Waals surface area contributed by atoms with E-state index in [4.69, 9.17) is 9.47 Å². The van der Waals surface area contributed by atoms with Crippen LogP contribution in [0.2, 0.25) is 0 Å².